The summed E-state index contributed by atoms with van der Waals surface area (Å²) in [5, 5.41) is 9.83. The maximum atomic E-state index is 12.9. The standard InChI is InChI=1S/C64H115O11P/c1-4-7-10-13-16-19-22-25-28-29-30-31-34-35-38-41-44-47-50-53-62(66)71-57-61(75-64(68)55-52-49-46-43-40-37-33-27-24-21-18-15-12-9-6-3)59-73-76(69,70)72-58-60(56-65)74-63(67)54-51-48-45-42-39-36-32-26-23-20-17-14-11-8-5-2/h9,12,18,21,27,33,40,43,49,52,60-61,65H,4-8,10-11,13-17,19-20,22-26,28-32,34-39,41-42,44-48,50-51,53-59H2,1-3H3,(H,69,70)/b12-9-,21-18-,33-27-,43-40-,52-49-. The lowest BCUT2D eigenvalue weighted by Crippen LogP contribution is -2.30. The summed E-state index contributed by atoms with van der Waals surface area (Å²) < 4.78 is 39.5. The van der Waals surface area contributed by atoms with Crippen molar-refractivity contribution in [2.45, 2.75) is 303 Å². The average molecular weight is 1090 g/mol. The predicted molar refractivity (Wildman–Crippen MR) is 316 cm³/mol. The van der Waals surface area contributed by atoms with Gasteiger partial charge in [0.15, 0.2) is 6.10 Å². The lowest BCUT2D eigenvalue weighted by atomic mass is 10.0. The van der Waals surface area contributed by atoms with Gasteiger partial charge >= 0.3 is 25.7 Å². The summed E-state index contributed by atoms with van der Waals surface area (Å²) in [5.74, 6) is -1.60. The SMILES string of the molecule is CC/C=C\C/C=C\C/C=C\C/C=C\C/C=C\CC(=O)OC(COC(=O)CCCCCCCCCCCCCCCCCCCCC)COP(=O)(O)OCC(CO)OC(=O)CCCCCCCCCCCCCCCCC. The number of esters is 3. The molecule has 3 atom stereocenters. The van der Waals surface area contributed by atoms with E-state index in [-0.39, 0.29) is 25.9 Å². The molecule has 0 amide bonds. The van der Waals surface area contributed by atoms with Gasteiger partial charge in [-0.3, -0.25) is 23.4 Å². The number of phosphoric ester groups is 1. The molecular weight excluding hydrogens is 976 g/mol. The zero-order valence-electron chi connectivity index (χ0n) is 49.0. The van der Waals surface area contributed by atoms with E-state index in [1.165, 1.54) is 167 Å². The number of allylic oxidation sites excluding steroid dienone is 9. The minimum absolute atomic E-state index is 0.0619. The van der Waals surface area contributed by atoms with Crippen molar-refractivity contribution in [2.24, 2.45) is 0 Å². The molecule has 2 N–H and O–H groups in total. The van der Waals surface area contributed by atoms with E-state index >= 15 is 0 Å². The van der Waals surface area contributed by atoms with E-state index in [1.54, 1.807) is 6.08 Å². The van der Waals surface area contributed by atoms with Crippen LogP contribution in [0.3, 0.4) is 0 Å². The molecule has 11 nitrogen and oxygen atoms in total. The van der Waals surface area contributed by atoms with Gasteiger partial charge in [0.25, 0.3) is 0 Å². The highest BCUT2D eigenvalue weighted by molar-refractivity contribution is 7.47. The van der Waals surface area contributed by atoms with Crippen LogP contribution in [-0.4, -0.2) is 66.5 Å². The van der Waals surface area contributed by atoms with Gasteiger partial charge < -0.3 is 24.2 Å². The van der Waals surface area contributed by atoms with E-state index in [4.69, 9.17) is 23.3 Å². The number of hydrogen-bond acceptors (Lipinski definition) is 10. The summed E-state index contributed by atoms with van der Waals surface area (Å²) in [6, 6.07) is 0. The zero-order valence-corrected chi connectivity index (χ0v) is 49.9. The molecule has 0 saturated carbocycles. The molecule has 442 valence electrons. The molecule has 76 heavy (non-hydrogen) atoms. The summed E-state index contributed by atoms with van der Waals surface area (Å²) >= 11 is 0. The summed E-state index contributed by atoms with van der Waals surface area (Å²) in [6.45, 7) is 4.48. The Morgan fingerprint density at radius 3 is 1.04 bits per heavy atom. The number of carbonyl (C=O) groups excluding carboxylic acids is 3. The first-order valence-corrected chi connectivity index (χ1v) is 32.7. The van der Waals surface area contributed by atoms with Crippen LogP contribution < -0.4 is 0 Å². The number of ether oxygens (including phenoxy) is 3. The van der Waals surface area contributed by atoms with Crippen LogP contribution in [0.5, 0.6) is 0 Å². The minimum Gasteiger partial charge on any atom is -0.462 e. The molecule has 3 unspecified atom stereocenters. The van der Waals surface area contributed by atoms with E-state index in [0.717, 1.165) is 64.2 Å². The van der Waals surface area contributed by atoms with Gasteiger partial charge in [-0.2, -0.15) is 0 Å². The van der Waals surface area contributed by atoms with Gasteiger partial charge in [0, 0.05) is 12.8 Å². The highest BCUT2D eigenvalue weighted by Crippen LogP contribution is 2.43. The van der Waals surface area contributed by atoms with Crippen molar-refractivity contribution >= 4 is 25.7 Å². The van der Waals surface area contributed by atoms with Crippen LogP contribution >= 0.6 is 7.82 Å². The van der Waals surface area contributed by atoms with Crippen LogP contribution in [-0.2, 0) is 42.2 Å². The van der Waals surface area contributed by atoms with Gasteiger partial charge in [-0.15, -0.1) is 0 Å². The minimum atomic E-state index is -4.77. The number of aliphatic hydroxyl groups is 1. The van der Waals surface area contributed by atoms with Crippen molar-refractivity contribution in [1.29, 1.82) is 0 Å². The highest BCUT2D eigenvalue weighted by atomic mass is 31.2. The Morgan fingerprint density at radius 2 is 0.684 bits per heavy atom. The molecule has 0 aliphatic heterocycles. The van der Waals surface area contributed by atoms with E-state index in [2.05, 4.69) is 63.3 Å². The fourth-order valence-corrected chi connectivity index (χ4v) is 9.57. The number of carbonyl (C=O) groups is 3. The van der Waals surface area contributed by atoms with Gasteiger partial charge in [-0.1, -0.05) is 287 Å². The van der Waals surface area contributed by atoms with E-state index in [1.807, 2.05) is 12.2 Å². The van der Waals surface area contributed by atoms with Crippen molar-refractivity contribution < 1.29 is 52.2 Å². The van der Waals surface area contributed by atoms with Crippen molar-refractivity contribution in [3.63, 3.8) is 0 Å². The van der Waals surface area contributed by atoms with Gasteiger partial charge in [0.1, 0.15) is 12.7 Å². The Balaban J connectivity index is 4.73. The number of phosphoric acid groups is 1. The van der Waals surface area contributed by atoms with E-state index < -0.39 is 57.8 Å². The Bertz CT molecular complexity index is 1510. The molecule has 0 bridgehead atoms. The van der Waals surface area contributed by atoms with Gasteiger partial charge in [0.05, 0.1) is 26.2 Å². The Labute approximate surface area is 465 Å². The molecule has 0 aliphatic carbocycles. The van der Waals surface area contributed by atoms with Crippen molar-refractivity contribution in [1.82, 2.24) is 0 Å². The maximum Gasteiger partial charge on any atom is 0.472 e. The molecule has 12 heteroatoms. The Hall–Kier alpha value is -2.82. The van der Waals surface area contributed by atoms with Crippen LogP contribution in [0.15, 0.2) is 60.8 Å². The lowest BCUT2D eigenvalue weighted by Gasteiger charge is -2.21. The molecule has 0 saturated heterocycles. The largest absolute Gasteiger partial charge is 0.472 e. The lowest BCUT2D eigenvalue weighted by molar-refractivity contribution is -0.160. The second-order valence-corrected chi connectivity index (χ2v) is 22.3. The molecular formula is C64H115O11P. The van der Waals surface area contributed by atoms with Gasteiger partial charge in [-0.25, -0.2) is 4.57 Å². The quantitative estimate of drug-likeness (QED) is 0.0197. The molecule has 0 rings (SSSR count). The second-order valence-electron chi connectivity index (χ2n) is 20.9. The normalized spacial score (nSPS) is 13.7. The molecule has 0 aromatic rings. The second kappa shape index (κ2) is 58.3. The average Bonchev–Trinajstić information content (AvgIpc) is 3.41. The first kappa shape index (κ1) is 73.2. The fraction of sp³-hybridized carbons (Fsp3) is 0.797. The van der Waals surface area contributed by atoms with Crippen molar-refractivity contribution in [3.05, 3.63) is 60.8 Å². The Morgan fingerprint density at radius 1 is 0.382 bits per heavy atom. The smallest absolute Gasteiger partial charge is 0.462 e. The molecule has 0 radical (unpaired) electrons. The molecule has 0 aromatic heterocycles. The molecule has 0 heterocycles. The molecule has 0 spiro atoms. The first-order valence-electron chi connectivity index (χ1n) is 31.2. The number of aliphatic hydroxyl groups excluding tert-OH is 1. The maximum absolute atomic E-state index is 12.9. The molecule has 0 aromatic carbocycles. The van der Waals surface area contributed by atoms with Crippen LogP contribution in [0.25, 0.3) is 0 Å². The van der Waals surface area contributed by atoms with E-state index in [0.29, 0.717) is 19.3 Å². The number of hydrogen-bond donors (Lipinski definition) is 2. The third-order valence-corrected chi connectivity index (χ3v) is 14.4. The monoisotopic (exact) mass is 1090 g/mol. The number of unbranched alkanes of at least 4 members (excludes halogenated alkanes) is 32. The van der Waals surface area contributed by atoms with Crippen molar-refractivity contribution in [2.75, 3.05) is 26.4 Å². The topological polar surface area (TPSA) is 155 Å². The van der Waals surface area contributed by atoms with Gasteiger partial charge in [-0.05, 0) is 44.9 Å². The number of rotatable bonds is 58. The summed E-state index contributed by atoms with van der Waals surface area (Å²) in [5.41, 5.74) is 0. The molecule has 0 aliphatic rings. The first-order chi connectivity index (χ1) is 37.2. The predicted octanol–water partition coefficient (Wildman–Crippen LogP) is 18.7. The van der Waals surface area contributed by atoms with Crippen LogP contribution in [0.2, 0.25) is 0 Å². The Kier molecular flexibility index (Phi) is 56.2. The van der Waals surface area contributed by atoms with Crippen molar-refractivity contribution in [3.8, 4) is 0 Å². The zero-order chi connectivity index (χ0) is 55.5. The van der Waals surface area contributed by atoms with Crippen LogP contribution in [0.1, 0.15) is 290 Å². The van der Waals surface area contributed by atoms with E-state index in [9.17, 15) is 28.9 Å². The molecule has 0 fully saturated rings. The third-order valence-electron chi connectivity index (χ3n) is 13.5. The summed E-state index contributed by atoms with van der Waals surface area (Å²) in [6.07, 6.45) is 65.0. The van der Waals surface area contributed by atoms with Gasteiger partial charge in [0.2, 0.25) is 0 Å². The van der Waals surface area contributed by atoms with Crippen LogP contribution in [0, 0.1) is 0 Å². The van der Waals surface area contributed by atoms with Crippen LogP contribution in [0.4, 0.5) is 0 Å². The summed E-state index contributed by atoms with van der Waals surface area (Å²) in [7, 11) is -4.77. The third kappa shape index (κ3) is 55.9. The highest BCUT2D eigenvalue weighted by Gasteiger charge is 2.28. The fourth-order valence-electron chi connectivity index (χ4n) is 8.79. The summed E-state index contributed by atoms with van der Waals surface area (Å²) in [4.78, 5) is 48.6.